The van der Waals surface area contributed by atoms with Crippen molar-refractivity contribution in [2.75, 3.05) is 6.61 Å². The van der Waals surface area contributed by atoms with Gasteiger partial charge in [-0.05, 0) is 25.1 Å². The van der Waals surface area contributed by atoms with Crippen molar-refractivity contribution in [3.63, 3.8) is 0 Å². The molecule has 4 nitrogen and oxygen atoms in total. The highest BCUT2D eigenvalue weighted by molar-refractivity contribution is 7.24. The molecule has 4 rings (SSSR count). The zero-order valence-corrected chi connectivity index (χ0v) is 13.8. The molecular weight excluding hydrogens is 348 g/mol. The van der Waals surface area contributed by atoms with Crippen molar-refractivity contribution in [2.45, 2.75) is 6.92 Å². The number of pyridine rings is 1. The van der Waals surface area contributed by atoms with Gasteiger partial charge in [0.1, 0.15) is 10.4 Å². The molecule has 25 heavy (non-hydrogen) atoms. The highest BCUT2D eigenvalue weighted by Crippen LogP contribution is 2.32. The summed E-state index contributed by atoms with van der Waals surface area (Å²) in [4.78, 5) is 25.5. The molecule has 2 aromatic heterocycles. The largest absolute Gasteiger partial charge is 0.462 e. The van der Waals surface area contributed by atoms with Gasteiger partial charge < -0.3 is 4.74 Å². The average molecular weight is 359 g/mol. The lowest BCUT2D eigenvalue weighted by atomic mass is 10.1. The first-order chi connectivity index (χ1) is 12.0. The maximum absolute atomic E-state index is 13.8. The van der Waals surface area contributed by atoms with Crippen LogP contribution in [-0.2, 0) is 4.74 Å². The summed E-state index contributed by atoms with van der Waals surface area (Å²) in [5.74, 6) is -2.97. The maximum atomic E-state index is 13.8. The van der Waals surface area contributed by atoms with Crippen molar-refractivity contribution in [2.24, 2.45) is 0 Å². The monoisotopic (exact) mass is 359 g/mol. The van der Waals surface area contributed by atoms with Crippen molar-refractivity contribution in [1.29, 1.82) is 0 Å². The molecule has 0 fully saturated rings. The predicted octanol–water partition coefficient (Wildman–Crippen LogP) is 4.12. The summed E-state index contributed by atoms with van der Waals surface area (Å²) < 4.78 is 34.9. The molecule has 0 bridgehead atoms. The van der Waals surface area contributed by atoms with Crippen LogP contribution in [0.2, 0.25) is 0 Å². The number of thiazole rings is 1. The first-order valence-electron chi connectivity index (χ1n) is 7.55. The van der Waals surface area contributed by atoms with Crippen LogP contribution in [0.5, 0.6) is 0 Å². The van der Waals surface area contributed by atoms with E-state index in [9.17, 15) is 18.4 Å². The Morgan fingerprint density at radius 3 is 2.64 bits per heavy atom. The van der Waals surface area contributed by atoms with E-state index < -0.39 is 23.0 Å². The van der Waals surface area contributed by atoms with Gasteiger partial charge in [-0.1, -0.05) is 12.1 Å². The van der Waals surface area contributed by atoms with Crippen LogP contribution in [0.3, 0.4) is 0 Å². The summed E-state index contributed by atoms with van der Waals surface area (Å²) >= 11 is 1.23. The van der Waals surface area contributed by atoms with Crippen molar-refractivity contribution in [3.05, 3.63) is 63.8 Å². The first kappa shape index (κ1) is 15.7. The topological polar surface area (TPSA) is 47.8 Å². The number of carbonyl (C=O) groups excluding carboxylic acids is 1. The average Bonchev–Trinajstić information content (AvgIpc) is 2.96. The summed E-state index contributed by atoms with van der Waals surface area (Å²) in [6.07, 6.45) is 0. The number of hydrogen-bond acceptors (Lipinski definition) is 4. The normalized spacial score (nSPS) is 11.5. The van der Waals surface area contributed by atoms with E-state index in [2.05, 4.69) is 0 Å². The van der Waals surface area contributed by atoms with Gasteiger partial charge in [0.2, 0.25) is 5.43 Å². The van der Waals surface area contributed by atoms with Crippen molar-refractivity contribution in [1.82, 2.24) is 4.40 Å². The van der Waals surface area contributed by atoms with Gasteiger partial charge >= 0.3 is 5.97 Å². The first-order valence-corrected chi connectivity index (χ1v) is 8.36. The van der Waals surface area contributed by atoms with E-state index in [0.717, 1.165) is 16.8 Å². The minimum absolute atomic E-state index is 0.0667. The molecule has 126 valence electrons. The molecule has 0 saturated carbocycles. The number of benzene rings is 2. The number of esters is 1. The highest BCUT2D eigenvalue weighted by Gasteiger charge is 2.23. The van der Waals surface area contributed by atoms with Gasteiger partial charge in [0.15, 0.2) is 11.6 Å². The fourth-order valence-electron chi connectivity index (χ4n) is 2.91. The Kier molecular flexibility index (Phi) is 3.54. The lowest BCUT2D eigenvalue weighted by Crippen LogP contribution is -2.20. The SMILES string of the molecule is CCOC(=O)c1c(=O)c2cc(F)c(F)cc2n2c1sc1ccccc12. The van der Waals surface area contributed by atoms with Crippen LogP contribution in [0.4, 0.5) is 8.78 Å². The van der Waals surface area contributed by atoms with E-state index in [-0.39, 0.29) is 23.1 Å². The van der Waals surface area contributed by atoms with Crippen LogP contribution in [-0.4, -0.2) is 17.0 Å². The summed E-state index contributed by atoms with van der Waals surface area (Å²) in [6.45, 7) is 1.73. The zero-order valence-electron chi connectivity index (χ0n) is 13.0. The molecule has 0 spiro atoms. The standard InChI is InChI=1S/C18H11F2NO3S/c1-2-24-18(23)15-16(22)9-7-10(19)11(20)8-13(9)21-12-5-3-4-6-14(12)25-17(15)21/h3-8H,2H2,1H3. The summed E-state index contributed by atoms with van der Waals surface area (Å²) in [5.41, 5.74) is 0.0777. The molecule has 0 N–H and O–H groups in total. The molecule has 0 saturated heterocycles. The Morgan fingerprint density at radius 1 is 1.16 bits per heavy atom. The van der Waals surface area contributed by atoms with E-state index in [1.54, 1.807) is 23.5 Å². The number of carbonyl (C=O) groups is 1. The number of ether oxygens (including phenoxy) is 1. The van der Waals surface area contributed by atoms with Gasteiger partial charge in [-0.15, -0.1) is 11.3 Å². The molecule has 0 amide bonds. The maximum Gasteiger partial charge on any atom is 0.345 e. The Bertz CT molecular complexity index is 1230. The third kappa shape index (κ3) is 2.23. The Labute approximate surface area is 143 Å². The van der Waals surface area contributed by atoms with E-state index >= 15 is 0 Å². The van der Waals surface area contributed by atoms with Crippen LogP contribution >= 0.6 is 11.3 Å². The fraction of sp³-hybridized carbons (Fsp3) is 0.111. The minimum Gasteiger partial charge on any atom is -0.462 e. The van der Waals surface area contributed by atoms with Gasteiger partial charge in [0.25, 0.3) is 0 Å². The van der Waals surface area contributed by atoms with Crippen molar-refractivity contribution >= 4 is 43.3 Å². The van der Waals surface area contributed by atoms with E-state index in [1.165, 1.54) is 11.3 Å². The smallest absolute Gasteiger partial charge is 0.345 e. The lowest BCUT2D eigenvalue weighted by Gasteiger charge is -2.08. The van der Waals surface area contributed by atoms with Crippen LogP contribution < -0.4 is 5.43 Å². The zero-order chi connectivity index (χ0) is 17.7. The van der Waals surface area contributed by atoms with E-state index in [4.69, 9.17) is 4.74 Å². The second-order valence-electron chi connectivity index (χ2n) is 5.42. The Hall–Kier alpha value is -2.80. The molecule has 0 aliphatic carbocycles. The van der Waals surface area contributed by atoms with Gasteiger partial charge in [-0.2, -0.15) is 0 Å². The van der Waals surface area contributed by atoms with Crippen molar-refractivity contribution in [3.8, 4) is 0 Å². The number of hydrogen-bond donors (Lipinski definition) is 0. The van der Waals surface area contributed by atoms with Gasteiger partial charge in [-0.25, -0.2) is 13.6 Å². The molecule has 0 unspecified atom stereocenters. The Balaban J connectivity index is 2.31. The minimum atomic E-state index is -1.14. The molecular formula is C18H11F2NO3S. The van der Waals surface area contributed by atoms with Crippen LogP contribution in [0.25, 0.3) is 25.9 Å². The number of aromatic nitrogens is 1. The number of rotatable bonds is 2. The number of nitrogens with zero attached hydrogens (tertiary/aromatic N) is 1. The van der Waals surface area contributed by atoms with Gasteiger partial charge in [0.05, 0.1) is 27.7 Å². The summed E-state index contributed by atoms with van der Waals surface area (Å²) in [7, 11) is 0. The molecule has 4 aromatic rings. The molecule has 0 aliphatic rings. The molecule has 0 atom stereocenters. The lowest BCUT2D eigenvalue weighted by molar-refractivity contribution is 0.0527. The molecule has 7 heteroatoms. The highest BCUT2D eigenvalue weighted by atomic mass is 32.1. The molecule has 0 radical (unpaired) electrons. The number of para-hydroxylation sites is 1. The number of halogens is 2. The van der Waals surface area contributed by atoms with Gasteiger partial charge in [-0.3, -0.25) is 9.20 Å². The second kappa shape index (κ2) is 5.63. The third-order valence-electron chi connectivity index (χ3n) is 3.96. The van der Waals surface area contributed by atoms with Crippen LogP contribution in [0.1, 0.15) is 17.3 Å². The fourth-order valence-corrected chi connectivity index (χ4v) is 4.09. The molecule has 2 heterocycles. The predicted molar refractivity (Wildman–Crippen MR) is 92.4 cm³/mol. The quantitative estimate of drug-likeness (QED) is 0.506. The van der Waals surface area contributed by atoms with Crippen LogP contribution in [0.15, 0.2) is 41.2 Å². The van der Waals surface area contributed by atoms with Crippen molar-refractivity contribution < 1.29 is 18.3 Å². The van der Waals surface area contributed by atoms with E-state index in [0.29, 0.717) is 10.3 Å². The summed E-state index contributed by atoms with van der Waals surface area (Å²) in [6, 6.07) is 9.05. The number of fused-ring (bicyclic) bond motifs is 5. The van der Waals surface area contributed by atoms with E-state index in [1.807, 2.05) is 12.1 Å². The van der Waals surface area contributed by atoms with Gasteiger partial charge in [0, 0.05) is 6.07 Å². The molecule has 0 aliphatic heterocycles. The van der Waals surface area contributed by atoms with Crippen LogP contribution in [0, 0.1) is 11.6 Å². The second-order valence-corrected chi connectivity index (χ2v) is 6.45. The molecule has 2 aromatic carbocycles. The summed E-state index contributed by atoms with van der Waals surface area (Å²) in [5, 5.41) is -0.0667. The third-order valence-corrected chi connectivity index (χ3v) is 5.11. The Morgan fingerprint density at radius 2 is 1.88 bits per heavy atom.